The van der Waals surface area contributed by atoms with Gasteiger partial charge < -0.3 is 20.4 Å². The number of ether oxygens (including phenoxy) is 1. The predicted octanol–water partition coefficient (Wildman–Crippen LogP) is 6.22. The van der Waals surface area contributed by atoms with Gasteiger partial charge in [-0.2, -0.15) is 10.4 Å². The molecule has 13 heteroatoms. The van der Waals surface area contributed by atoms with Gasteiger partial charge in [0.25, 0.3) is 0 Å². The van der Waals surface area contributed by atoms with Crippen molar-refractivity contribution in [3.63, 3.8) is 0 Å². The summed E-state index contributed by atoms with van der Waals surface area (Å²) in [6.07, 6.45) is 10.0. The lowest BCUT2D eigenvalue weighted by Crippen LogP contribution is -2.49. The Labute approximate surface area is 294 Å². The van der Waals surface area contributed by atoms with E-state index in [2.05, 4.69) is 31.8 Å². The van der Waals surface area contributed by atoms with Crippen LogP contribution >= 0.6 is 0 Å². The number of nitrogens with zero attached hydrogens (tertiary/aromatic N) is 7. The number of anilines is 2. The van der Waals surface area contributed by atoms with Crippen LogP contribution in [-0.2, 0) is 18.3 Å². The maximum atomic E-state index is 13.8. The topological polar surface area (TPSA) is 167 Å². The van der Waals surface area contributed by atoms with Crippen molar-refractivity contribution in [2.24, 2.45) is 7.05 Å². The highest BCUT2D eigenvalue weighted by molar-refractivity contribution is 5.96. The predicted molar refractivity (Wildman–Crippen MR) is 193 cm³/mol. The largest absolute Gasteiger partial charge is 0.465 e. The van der Waals surface area contributed by atoms with E-state index < -0.39 is 5.97 Å². The van der Waals surface area contributed by atoms with Crippen molar-refractivity contribution in [3.05, 3.63) is 108 Å². The van der Waals surface area contributed by atoms with Gasteiger partial charge in [-0.25, -0.2) is 24.5 Å². The first-order valence-electron chi connectivity index (χ1n) is 16.7. The molecule has 0 unspecified atom stereocenters. The normalized spacial score (nSPS) is 15.5. The minimum atomic E-state index is -0.431. The summed E-state index contributed by atoms with van der Waals surface area (Å²) in [5.41, 5.74) is 5.45. The molecule has 51 heavy (non-hydrogen) atoms. The smallest absolute Gasteiger partial charge is 0.337 e. The molecule has 1 aliphatic rings. The zero-order valence-electron chi connectivity index (χ0n) is 28.2. The molecule has 2 aromatic carbocycles. The molecule has 0 bridgehead atoms. The Hall–Kier alpha value is -6.55. The average molecular weight is 681 g/mol. The number of aromatic nitrogens is 6. The van der Waals surface area contributed by atoms with Crippen LogP contribution in [0.1, 0.15) is 47.2 Å². The van der Waals surface area contributed by atoms with Crippen LogP contribution in [0, 0.1) is 11.3 Å². The lowest BCUT2D eigenvalue weighted by Gasteiger charge is -2.36. The monoisotopic (exact) mass is 680 g/mol. The summed E-state index contributed by atoms with van der Waals surface area (Å²) in [5.74, 6) is 0.563. The molecule has 13 nitrogen and oxygen atoms in total. The Morgan fingerprint density at radius 2 is 1.82 bits per heavy atom. The number of aryl methyl sites for hydroxylation is 1. The Balaban J connectivity index is 1.07. The first-order chi connectivity index (χ1) is 24.9. The number of nitrogens with one attached hydrogen (secondary N) is 3. The van der Waals surface area contributed by atoms with Crippen LogP contribution in [0.2, 0.25) is 0 Å². The molecule has 1 saturated carbocycles. The number of fused-ring (bicyclic) bond motifs is 1. The van der Waals surface area contributed by atoms with Gasteiger partial charge in [-0.1, -0.05) is 36.4 Å². The molecule has 1 fully saturated rings. The molecule has 0 radical (unpaired) electrons. The third-order valence-electron chi connectivity index (χ3n) is 9.14. The summed E-state index contributed by atoms with van der Waals surface area (Å²) in [5, 5.41) is 21.5. The maximum absolute atomic E-state index is 13.8. The number of hydrogen-bond donors (Lipinski definition) is 3. The number of benzene rings is 2. The molecule has 256 valence electrons. The van der Waals surface area contributed by atoms with Gasteiger partial charge in [-0.15, -0.1) is 0 Å². The van der Waals surface area contributed by atoms with Gasteiger partial charge in [0.05, 0.1) is 36.3 Å². The Kier molecular flexibility index (Phi) is 9.38. The first-order valence-corrected chi connectivity index (χ1v) is 16.7. The maximum Gasteiger partial charge on any atom is 0.337 e. The molecular weight excluding hydrogens is 644 g/mol. The number of H-pyrrole nitrogens is 1. The van der Waals surface area contributed by atoms with Crippen LogP contribution in [0.3, 0.4) is 0 Å². The number of esters is 1. The standard InChI is InChI=1S/C38H36N10O3/c1-47-23-29(22-43-47)27-10-15-34(40-20-27)48(38(50)42-19-24-6-4-3-5-7-24)31-13-11-30(12-14-31)44-37-41-21-28(18-39)35(46-37)33-16-25-8-9-26(36(49)51-2)17-32(25)45-33/h3-10,15-17,20-23,30-31,45H,11-14,19H2,1-2H3,(H,42,50)(H,41,44,46). The number of rotatable bonds is 9. The van der Waals surface area contributed by atoms with Crippen LogP contribution in [0.15, 0.2) is 91.5 Å². The molecule has 0 aliphatic heterocycles. The molecule has 3 N–H and O–H groups in total. The van der Waals surface area contributed by atoms with E-state index in [9.17, 15) is 14.9 Å². The SMILES string of the molecule is COC(=O)c1ccc2cc(-c3nc(NC4CCC(N(C(=O)NCc5ccccc5)c5ccc(-c6cnn(C)c6)cn5)CC4)ncc3C#N)[nH]c2c1. The van der Waals surface area contributed by atoms with Crippen molar-refractivity contribution < 1.29 is 14.3 Å². The summed E-state index contributed by atoms with van der Waals surface area (Å²) in [7, 11) is 3.21. The fourth-order valence-electron chi connectivity index (χ4n) is 6.48. The molecular formula is C38H36N10O3. The van der Waals surface area contributed by atoms with Gasteiger partial charge in [-0.05, 0) is 61.6 Å². The number of hydrogen-bond acceptors (Lipinski definition) is 9. The third kappa shape index (κ3) is 7.25. The first kappa shape index (κ1) is 33.0. The van der Waals surface area contributed by atoms with Crippen LogP contribution < -0.4 is 15.5 Å². The van der Waals surface area contributed by atoms with Crippen molar-refractivity contribution in [1.82, 2.24) is 35.0 Å². The second kappa shape index (κ2) is 14.5. The minimum Gasteiger partial charge on any atom is -0.465 e. The number of carbonyl (C=O) groups excluding carboxylic acids is 2. The molecule has 0 saturated heterocycles. The van der Waals surface area contributed by atoms with Crippen molar-refractivity contribution in [1.29, 1.82) is 5.26 Å². The summed E-state index contributed by atoms with van der Waals surface area (Å²) >= 11 is 0. The minimum absolute atomic E-state index is 0.0579. The van der Waals surface area contributed by atoms with E-state index in [1.165, 1.54) is 13.3 Å². The van der Waals surface area contributed by atoms with E-state index >= 15 is 0 Å². The summed E-state index contributed by atoms with van der Waals surface area (Å²) in [6.45, 7) is 0.405. The number of methoxy groups -OCH3 is 1. The Morgan fingerprint density at radius 3 is 2.53 bits per heavy atom. The van der Waals surface area contributed by atoms with E-state index in [-0.39, 0.29) is 18.1 Å². The van der Waals surface area contributed by atoms with E-state index in [1.54, 1.807) is 34.1 Å². The number of nitriles is 1. The second-order valence-electron chi connectivity index (χ2n) is 12.5. The van der Waals surface area contributed by atoms with Crippen LogP contribution in [0.5, 0.6) is 0 Å². The molecule has 4 heterocycles. The molecule has 6 aromatic rings. The highest BCUT2D eigenvalue weighted by Crippen LogP contribution is 2.31. The third-order valence-corrected chi connectivity index (χ3v) is 9.14. The highest BCUT2D eigenvalue weighted by atomic mass is 16.5. The number of pyridine rings is 1. The number of aromatic amines is 1. The molecule has 0 atom stereocenters. The van der Waals surface area contributed by atoms with Gasteiger partial charge in [0.2, 0.25) is 5.95 Å². The lowest BCUT2D eigenvalue weighted by atomic mass is 9.90. The lowest BCUT2D eigenvalue weighted by molar-refractivity contribution is 0.0601. The Bertz CT molecular complexity index is 2210. The van der Waals surface area contributed by atoms with Crippen molar-refractivity contribution in [2.45, 2.75) is 44.3 Å². The van der Waals surface area contributed by atoms with E-state index in [1.807, 2.05) is 67.8 Å². The fraction of sp³-hybridized carbons (Fsp3) is 0.237. The fourth-order valence-corrected chi connectivity index (χ4v) is 6.48. The van der Waals surface area contributed by atoms with Crippen molar-refractivity contribution in [2.75, 3.05) is 17.3 Å². The van der Waals surface area contributed by atoms with Crippen LogP contribution in [0.25, 0.3) is 33.4 Å². The van der Waals surface area contributed by atoms with Gasteiger partial charge >= 0.3 is 12.0 Å². The number of urea groups is 1. The molecule has 4 aromatic heterocycles. The molecule has 1 aliphatic carbocycles. The zero-order valence-corrected chi connectivity index (χ0v) is 28.2. The summed E-state index contributed by atoms with van der Waals surface area (Å²) < 4.78 is 6.59. The summed E-state index contributed by atoms with van der Waals surface area (Å²) in [6, 6.07) is 22.8. The van der Waals surface area contributed by atoms with Gasteiger partial charge in [-0.3, -0.25) is 9.58 Å². The van der Waals surface area contributed by atoms with Crippen LogP contribution in [0.4, 0.5) is 16.6 Å². The average Bonchev–Trinajstić information content (AvgIpc) is 3.81. The van der Waals surface area contributed by atoms with Gasteiger partial charge in [0, 0.05) is 60.1 Å². The van der Waals surface area contributed by atoms with Crippen LogP contribution in [-0.4, -0.2) is 60.9 Å². The molecule has 0 spiro atoms. The van der Waals surface area contributed by atoms with E-state index in [0.717, 1.165) is 53.3 Å². The van der Waals surface area contributed by atoms with Crippen molar-refractivity contribution in [3.8, 4) is 28.6 Å². The molecule has 7 rings (SSSR count). The van der Waals surface area contributed by atoms with Crippen molar-refractivity contribution >= 4 is 34.7 Å². The Morgan fingerprint density at radius 1 is 1.00 bits per heavy atom. The zero-order chi connectivity index (χ0) is 35.3. The van der Waals surface area contributed by atoms with Gasteiger partial charge in [0.1, 0.15) is 17.6 Å². The highest BCUT2D eigenvalue weighted by Gasteiger charge is 2.31. The van der Waals surface area contributed by atoms with E-state index in [0.29, 0.717) is 40.8 Å². The summed E-state index contributed by atoms with van der Waals surface area (Å²) in [4.78, 5) is 44.8. The number of amides is 2. The second-order valence-corrected chi connectivity index (χ2v) is 12.5. The number of carbonyl (C=O) groups is 2. The van der Waals surface area contributed by atoms with Gasteiger partial charge in [0.15, 0.2) is 0 Å². The quantitative estimate of drug-likeness (QED) is 0.150. The molecule has 2 amide bonds. The van der Waals surface area contributed by atoms with E-state index in [4.69, 9.17) is 14.7 Å².